The number of fused-ring (bicyclic) bond motifs is 3. The van der Waals surface area contributed by atoms with Crippen molar-refractivity contribution in [3.63, 3.8) is 0 Å². The Balaban J connectivity index is 1.34. The zero-order chi connectivity index (χ0) is 19.1. The molecule has 1 aromatic rings. The molecular formula is C21H36N6. The zero-order valence-electron chi connectivity index (χ0n) is 17.2. The number of hydrogen-bond donors (Lipinski definition) is 2. The summed E-state index contributed by atoms with van der Waals surface area (Å²) in [6.45, 7) is 11.3. The number of nitrogens with zero attached hydrogens (tertiary/aromatic N) is 4. The van der Waals surface area contributed by atoms with Crippen LogP contribution < -0.4 is 10.6 Å². The third-order valence-electron chi connectivity index (χ3n) is 6.00. The lowest BCUT2D eigenvalue weighted by Gasteiger charge is -2.47. The molecule has 6 heteroatoms. The number of aliphatic imine (C=N–C) groups is 1. The number of nitrogens with one attached hydrogen (secondary N) is 2. The van der Waals surface area contributed by atoms with Crippen LogP contribution in [0.4, 0.5) is 0 Å². The van der Waals surface area contributed by atoms with E-state index in [1.54, 1.807) is 0 Å². The Labute approximate surface area is 164 Å². The molecule has 3 aliphatic heterocycles. The Kier molecular flexibility index (Phi) is 7.50. The molecule has 2 atom stereocenters. The fourth-order valence-electron chi connectivity index (χ4n) is 4.00. The highest BCUT2D eigenvalue weighted by Gasteiger charge is 2.31. The van der Waals surface area contributed by atoms with Crippen LogP contribution in [0.1, 0.15) is 18.9 Å². The second-order valence-corrected chi connectivity index (χ2v) is 7.91. The van der Waals surface area contributed by atoms with Crippen molar-refractivity contribution in [1.29, 1.82) is 0 Å². The maximum absolute atomic E-state index is 4.39. The van der Waals surface area contributed by atoms with Crippen molar-refractivity contribution < 1.29 is 0 Å². The Morgan fingerprint density at radius 2 is 1.93 bits per heavy atom. The van der Waals surface area contributed by atoms with E-state index < -0.39 is 0 Å². The first kappa shape index (κ1) is 20.1. The molecule has 0 radical (unpaired) electrons. The van der Waals surface area contributed by atoms with E-state index >= 15 is 0 Å². The van der Waals surface area contributed by atoms with Crippen LogP contribution in [-0.2, 0) is 6.54 Å². The molecule has 0 spiro atoms. The van der Waals surface area contributed by atoms with Gasteiger partial charge in [0, 0.05) is 71.5 Å². The largest absolute Gasteiger partial charge is 0.356 e. The Morgan fingerprint density at radius 3 is 2.56 bits per heavy atom. The molecule has 4 rings (SSSR count). The SMILES string of the molecule is CN=C(NCCC(C)N(C)Cc1ccccc1)NCC1CN2CCN1CC2. The predicted octanol–water partition coefficient (Wildman–Crippen LogP) is 1.06. The molecule has 2 bridgehead atoms. The molecular weight excluding hydrogens is 336 g/mol. The van der Waals surface area contributed by atoms with Gasteiger partial charge in [0.1, 0.15) is 0 Å². The van der Waals surface area contributed by atoms with Crippen molar-refractivity contribution in [2.24, 2.45) is 4.99 Å². The highest BCUT2D eigenvalue weighted by atomic mass is 15.4. The van der Waals surface area contributed by atoms with Gasteiger partial charge in [-0.3, -0.25) is 19.7 Å². The van der Waals surface area contributed by atoms with E-state index in [1.807, 2.05) is 7.05 Å². The minimum absolute atomic E-state index is 0.517. The first-order chi connectivity index (χ1) is 13.2. The van der Waals surface area contributed by atoms with Crippen molar-refractivity contribution in [2.45, 2.75) is 32.0 Å². The van der Waals surface area contributed by atoms with Crippen LogP contribution in [0.2, 0.25) is 0 Å². The smallest absolute Gasteiger partial charge is 0.191 e. The minimum atomic E-state index is 0.517. The van der Waals surface area contributed by atoms with Crippen LogP contribution in [0.5, 0.6) is 0 Å². The van der Waals surface area contributed by atoms with Gasteiger partial charge in [-0.15, -0.1) is 0 Å². The van der Waals surface area contributed by atoms with Gasteiger partial charge in [0.25, 0.3) is 0 Å². The van der Waals surface area contributed by atoms with Gasteiger partial charge in [-0.2, -0.15) is 0 Å². The summed E-state index contributed by atoms with van der Waals surface area (Å²) < 4.78 is 0. The molecule has 3 fully saturated rings. The van der Waals surface area contributed by atoms with Crippen LogP contribution in [0, 0.1) is 0 Å². The summed E-state index contributed by atoms with van der Waals surface area (Å²) >= 11 is 0. The molecule has 1 aromatic carbocycles. The van der Waals surface area contributed by atoms with Gasteiger partial charge in [-0.1, -0.05) is 30.3 Å². The van der Waals surface area contributed by atoms with Gasteiger partial charge in [0.2, 0.25) is 0 Å². The van der Waals surface area contributed by atoms with Crippen molar-refractivity contribution in [2.75, 3.05) is 59.9 Å². The summed E-state index contributed by atoms with van der Waals surface area (Å²) in [6.07, 6.45) is 1.09. The molecule has 3 aliphatic rings. The first-order valence-corrected chi connectivity index (χ1v) is 10.3. The van der Waals surface area contributed by atoms with E-state index in [0.717, 1.165) is 32.0 Å². The van der Waals surface area contributed by atoms with E-state index in [1.165, 1.54) is 38.3 Å². The summed E-state index contributed by atoms with van der Waals surface area (Å²) in [5.41, 5.74) is 1.37. The zero-order valence-corrected chi connectivity index (χ0v) is 17.2. The van der Waals surface area contributed by atoms with E-state index in [0.29, 0.717) is 12.1 Å². The first-order valence-electron chi connectivity index (χ1n) is 10.3. The molecule has 2 unspecified atom stereocenters. The standard InChI is InChI=1S/C21H36N6/c1-18(25(3)16-19-7-5-4-6-8-19)9-10-23-21(22-2)24-15-20-17-26-11-13-27(20)14-12-26/h4-8,18,20H,9-17H2,1-3H3,(H2,22,23,24). The second-order valence-electron chi connectivity index (χ2n) is 7.91. The lowest BCUT2D eigenvalue weighted by molar-refractivity contribution is 0.0154. The number of piperazine rings is 3. The monoisotopic (exact) mass is 372 g/mol. The van der Waals surface area contributed by atoms with Crippen molar-refractivity contribution in [3.05, 3.63) is 35.9 Å². The van der Waals surface area contributed by atoms with E-state index in [-0.39, 0.29) is 0 Å². The van der Waals surface area contributed by atoms with Gasteiger partial charge < -0.3 is 10.6 Å². The highest BCUT2D eigenvalue weighted by Crippen LogP contribution is 2.14. The molecule has 3 saturated heterocycles. The molecule has 0 aliphatic carbocycles. The third kappa shape index (κ3) is 5.92. The average Bonchev–Trinajstić information content (AvgIpc) is 2.72. The molecule has 6 nitrogen and oxygen atoms in total. The third-order valence-corrected chi connectivity index (χ3v) is 6.00. The normalized spacial score (nSPS) is 26.2. The number of rotatable bonds is 8. The number of guanidine groups is 1. The van der Waals surface area contributed by atoms with Gasteiger partial charge in [-0.05, 0) is 26.0 Å². The summed E-state index contributed by atoms with van der Waals surface area (Å²) in [6, 6.07) is 11.8. The van der Waals surface area contributed by atoms with Crippen LogP contribution >= 0.6 is 0 Å². The fraction of sp³-hybridized carbons (Fsp3) is 0.667. The lowest BCUT2D eigenvalue weighted by atomic mass is 10.1. The molecule has 3 heterocycles. The van der Waals surface area contributed by atoms with E-state index in [9.17, 15) is 0 Å². The summed E-state index contributed by atoms with van der Waals surface area (Å²) in [5.74, 6) is 0.922. The minimum Gasteiger partial charge on any atom is -0.356 e. The van der Waals surface area contributed by atoms with E-state index in [4.69, 9.17) is 0 Å². The quantitative estimate of drug-likeness (QED) is 0.528. The van der Waals surface area contributed by atoms with Gasteiger partial charge in [0.05, 0.1) is 0 Å². The molecule has 0 saturated carbocycles. The van der Waals surface area contributed by atoms with Gasteiger partial charge in [-0.25, -0.2) is 0 Å². The van der Waals surface area contributed by atoms with Gasteiger partial charge in [0.15, 0.2) is 5.96 Å². The summed E-state index contributed by atoms with van der Waals surface area (Å²) in [5, 5.41) is 7.01. The average molecular weight is 373 g/mol. The molecule has 27 heavy (non-hydrogen) atoms. The maximum atomic E-state index is 4.39. The topological polar surface area (TPSA) is 46.1 Å². The van der Waals surface area contributed by atoms with Crippen LogP contribution in [-0.4, -0.2) is 92.7 Å². The Bertz CT molecular complexity index is 582. The van der Waals surface area contributed by atoms with Gasteiger partial charge >= 0.3 is 0 Å². The molecule has 2 N–H and O–H groups in total. The highest BCUT2D eigenvalue weighted by molar-refractivity contribution is 5.79. The van der Waals surface area contributed by atoms with Crippen LogP contribution in [0.15, 0.2) is 35.3 Å². The molecule has 0 aromatic heterocycles. The number of benzene rings is 1. The van der Waals surface area contributed by atoms with Crippen molar-refractivity contribution >= 4 is 5.96 Å². The summed E-state index contributed by atoms with van der Waals surface area (Å²) in [7, 11) is 4.06. The summed E-state index contributed by atoms with van der Waals surface area (Å²) in [4.78, 5) is 12.0. The van der Waals surface area contributed by atoms with Crippen molar-refractivity contribution in [1.82, 2.24) is 25.3 Å². The Morgan fingerprint density at radius 1 is 1.19 bits per heavy atom. The maximum Gasteiger partial charge on any atom is 0.191 e. The lowest BCUT2D eigenvalue weighted by Crippen LogP contribution is -2.63. The number of hydrogen-bond acceptors (Lipinski definition) is 4. The van der Waals surface area contributed by atoms with Crippen LogP contribution in [0.25, 0.3) is 0 Å². The van der Waals surface area contributed by atoms with Crippen molar-refractivity contribution in [3.8, 4) is 0 Å². The fourth-order valence-corrected chi connectivity index (χ4v) is 4.00. The molecule has 0 amide bonds. The van der Waals surface area contributed by atoms with E-state index in [2.05, 4.69) is 74.6 Å². The van der Waals surface area contributed by atoms with Crippen LogP contribution in [0.3, 0.4) is 0 Å². The second kappa shape index (κ2) is 10.1. The molecule has 150 valence electrons. The predicted molar refractivity (Wildman–Crippen MR) is 113 cm³/mol. The Hall–Kier alpha value is -1.63.